The van der Waals surface area contributed by atoms with Gasteiger partial charge in [-0.3, -0.25) is 0 Å². The van der Waals surface area contributed by atoms with Gasteiger partial charge in [-0.05, 0) is 128 Å². The number of aryl methyl sites for hydroxylation is 1. The molecule has 0 N–H and O–H groups in total. The minimum Gasteiger partial charge on any atom is -0.0842 e. The summed E-state index contributed by atoms with van der Waals surface area (Å²) in [5.74, 6) is 0. The fraction of sp³-hybridized carbons (Fsp3) is 0.200. The summed E-state index contributed by atoms with van der Waals surface area (Å²) >= 11 is 0. The van der Waals surface area contributed by atoms with E-state index in [2.05, 4.69) is 109 Å². The Hall–Kier alpha value is -4.16. The molecule has 4 aromatic carbocycles. The number of benzene rings is 4. The average Bonchev–Trinajstić information content (AvgIpc) is 3.03. The molecule has 194 valence electrons. The van der Waals surface area contributed by atoms with Gasteiger partial charge in [-0.1, -0.05) is 109 Å². The molecule has 0 fully saturated rings. The third-order valence-electron chi connectivity index (χ3n) is 9.30. The molecule has 0 unspecified atom stereocenters. The van der Waals surface area contributed by atoms with Gasteiger partial charge in [-0.2, -0.15) is 0 Å². The van der Waals surface area contributed by atoms with Crippen LogP contribution in [0.3, 0.4) is 0 Å². The van der Waals surface area contributed by atoms with Crippen molar-refractivity contribution in [3.8, 4) is 22.3 Å². The standard InChI is InChI=1S/C40H34/c1-2-11-27(12-3-1)29-21-22-31-26-32(24-23-30(31)25-29)39-35-16-6-8-18-37(35)40(38-19-9-7-17-36(38)39)34-20-10-14-28-13-4-5-15-33(28)34/h1-2,6,8,10-11,13-20,23-26H,3-5,7,9,12,21-22H2. The molecule has 0 atom stereocenters. The summed E-state index contributed by atoms with van der Waals surface area (Å²) in [5.41, 5.74) is 11.5. The quantitative estimate of drug-likeness (QED) is 0.266. The van der Waals surface area contributed by atoms with Crippen molar-refractivity contribution in [3.05, 3.63) is 122 Å². The average molecular weight is 515 g/mol. The van der Waals surface area contributed by atoms with Gasteiger partial charge in [-0.15, -0.1) is 0 Å². The molecule has 4 aromatic rings. The van der Waals surface area contributed by atoms with Gasteiger partial charge >= 0.3 is 0 Å². The monoisotopic (exact) mass is 514 g/mol. The van der Waals surface area contributed by atoms with Gasteiger partial charge in [0.05, 0.1) is 0 Å². The second kappa shape index (κ2) is 9.79. The Bertz CT molecular complexity index is 2040. The molecular formula is C40H34. The molecule has 0 heterocycles. The second-order valence-electron chi connectivity index (χ2n) is 11.6. The van der Waals surface area contributed by atoms with Crippen molar-refractivity contribution in [2.75, 3.05) is 0 Å². The van der Waals surface area contributed by atoms with Crippen molar-refractivity contribution in [1.29, 1.82) is 0 Å². The van der Waals surface area contributed by atoms with Crippen molar-refractivity contribution in [1.82, 2.24) is 0 Å². The Balaban J connectivity index is 1.36. The van der Waals surface area contributed by atoms with Crippen molar-refractivity contribution < 1.29 is 0 Å². The highest BCUT2D eigenvalue weighted by atomic mass is 14.2. The molecule has 0 heteroatoms. The zero-order valence-corrected chi connectivity index (χ0v) is 23.0. The summed E-state index contributed by atoms with van der Waals surface area (Å²) in [6.45, 7) is 0. The molecule has 0 aromatic heterocycles. The van der Waals surface area contributed by atoms with E-state index < -0.39 is 0 Å². The Labute approximate surface area is 236 Å². The maximum Gasteiger partial charge on any atom is -0.00236 e. The van der Waals surface area contributed by atoms with Crippen LogP contribution in [0, 0.1) is 0 Å². The smallest absolute Gasteiger partial charge is 0.00236 e. The number of rotatable bonds is 3. The highest BCUT2D eigenvalue weighted by Crippen LogP contribution is 2.36. The summed E-state index contributed by atoms with van der Waals surface area (Å²) < 4.78 is 0. The minimum atomic E-state index is 1.10. The fourth-order valence-corrected chi connectivity index (χ4v) is 7.40. The van der Waals surface area contributed by atoms with E-state index in [4.69, 9.17) is 0 Å². The Morgan fingerprint density at radius 1 is 0.550 bits per heavy atom. The summed E-state index contributed by atoms with van der Waals surface area (Å²) in [6.07, 6.45) is 28.2. The molecule has 0 saturated carbocycles. The fourth-order valence-electron chi connectivity index (χ4n) is 7.40. The molecule has 4 aliphatic carbocycles. The first-order valence-electron chi connectivity index (χ1n) is 15.1. The molecule has 40 heavy (non-hydrogen) atoms. The van der Waals surface area contributed by atoms with E-state index in [0.717, 1.165) is 38.5 Å². The zero-order valence-electron chi connectivity index (χ0n) is 23.0. The Morgan fingerprint density at radius 3 is 2.15 bits per heavy atom. The van der Waals surface area contributed by atoms with Gasteiger partial charge in [0.1, 0.15) is 0 Å². The van der Waals surface area contributed by atoms with Gasteiger partial charge in [0.25, 0.3) is 0 Å². The van der Waals surface area contributed by atoms with Crippen LogP contribution in [-0.4, -0.2) is 0 Å². The van der Waals surface area contributed by atoms with Gasteiger partial charge in [0.15, 0.2) is 0 Å². The topological polar surface area (TPSA) is 0 Å². The Kier molecular flexibility index (Phi) is 5.80. The molecule has 0 aliphatic heterocycles. The van der Waals surface area contributed by atoms with Crippen LogP contribution in [0.25, 0.3) is 63.4 Å². The summed E-state index contributed by atoms with van der Waals surface area (Å²) in [5, 5.41) is 8.37. The van der Waals surface area contributed by atoms with E-state index >= 15 is 0 Å². The largest absolute Gasteiger partial charge is 0.0842 e. The number of hydrogen-bond donors (Lipinski definition) is 0. The number of allylic oxidation sites excluding steroid dienone is 5. The van der Waals surface area contributed by atoms with Crippen LogP contribution in [0.5, 0.6) is 0 Å². The van der Waals surface area contributed by atoms with E-state index in [1.54, 1.807) is 0 Å². The lowest BCUT2D eigenvalue weighted by Gasteiger charge is -2.22. The Morgan fingerprint density at radius 2 is 1.32 bits per heavy atom. The molecule has 4 aliphatic rings. The summed E-state index contributed by atoms with van der Waals surface area (Å²) in [6, 6.07) is 23.3. The molecule has 0 saturated heterocycles. The molecule has 0 bridgehead atoms. The lowest BCUT2D eigenvalue weighted by Crippen LogP contribution is -2.35. The van der Waals surface area contributed by atoms with Crippen LogP contribution < -0.4 is 20.9 Å². The summed E-state index contributed by atoms with van der Waals surface area (Å²) in [4.78, 5) is 0. The zero-order chi connectivity index (χ0) is 26.5. The maximum absolute atomic E-state index is 2.51. The van der Waals surface area contributed by atoms with Gasteiger partial charge in [0, 0.05) is 0 Å². The van der Waals surface area contributed by atoms with Crippen molar-refractivity contribution in [3.63, 3.8) is 0 Å². The van der Waals surface area contributed by atoms with E-state index in [1.807, 2.05) is 0 Å². The van der Waals surface area contributed by atoms with Crippen LogP contribution in [0.2, 0.25) is 0 Å². The van der Waals surface area contributed by atoms with Gasteiger partial charge in [-0.25, -0.2) is 0 Å². The molecule has 0 spiro atoms. The van der Waals surface area contributed by atoms with Crippen LogP contribution in [-0.2, 0) is 6.42 Å². The first-order chi connectivity index (χ1) is 19.8. The van der Waals surface area contributed by atoms with Gasteiger partial charge < -0.3 is 0 Å². The molecular weight excluding hydrogens is 480 g/mol. The van der Waals surface area contributed by atoms with E-state index in [9.17, 15) is 0 Å². The van der Waals surface area contributed by atoms with Crippen molar-refractivity contribution in [2.45, 2.75) is 51.4 Å². The summed E-state index contributed by atoms with van der Waals surface area (Å²) in [7, 11) is 0. The highest BCUT2D eigenvalue weighted by molar-refractivity contribution is 6.06. The number of fused-ring (bicyclic) bond motifs is 4. The van der Waals surface area contributed by atoms with Crippen LogP contribution in [0.4, 0.5) is 0 Å². The lowest BCUT2D eigenvalue weighted by molar-refractivity contribution is 0.884. The molecule has 0 radical (unpaired) electrons. The predicted molar refractivity (Wildman–Crippen MR) is 172 cm³/mol. The maximum atomic E-state index is 2.51. The van der Waals surface area contributed by atoms with Crippen LogP contribution in [0.1, 0.15) is 56.1 Å². The highest BCUT2D eigenvalue weighted by Gasteiger charge is 2.19. The molecule has 0 amide bonds. The van der Waals surface area contributed by atoms with E-state index in [0.29, 0.717) is 0 Å². The normalized spacial score (nSPS) is 17.2. The van der Waals surface area contributed by atoms with Crippen LogP contribution in [0.15, 0.2) is 90.0 Å². The van der Waals surface area contributed by atoms with E-state index in [-0.39, 0.29) is 0 Å². The minimum absolute atomic E-state index is 1.10. The first-order valence-corrected chi connectivity index (χ1v) is 15.1. The number of hydrogen-bond acceptors (Lipinski definition) is 0. The van der Waals surface area contributed by atoms with Crippen molar-refractivity contribution >= 4 is 41.2 Å². The second-order valence-corrected chi connectivity index (χ2v) is 11.6. The lowest BCUT2D eigenvalue weighted by atomic mass is 9.82. The van der Waals surface area contributed by atoms with Crippen LogP contribution >= 0.6 is 0 Å². The van der Waals surface area contributed by atoms with Crippen molar-refractivity contribution in [2.24, 2.45) is 0 Å². The first kappa shape index (κ1) is 23.7. The third kappa shape index (κ3) is 3.89. The molecule has 0 nitrogen and oxygen atoms in total. The third-order valence-corrected chi connectivity index (χ3v) is 9.30. The van der Waals surface area contributed by atoms with E-state index in [1.165, 1.54) is 89.0 Å². The molecule has 8 rings (SSSR count). The predicted octanol–water partition coefficient (Wildman–Crippen LogP) is 7.49. The SMILES string of the molecule is C1=CCCC(C2=Cc3ccc(-c4c5c(c(-c6cccc7c6=CCCC=7)c6ccccc46)=CCCC=5)cc3CC2)=C1. The van der Waals surface area contributed by atoms with Gasteiger partial charge in [0.2, 0.25) is 0 Å².